The fourth-order valence-corrected chi connectivity index (χ4v) is 3.36. The van der Waals surface area contributed by atoms with Gasteiger partial charge in [0, 0.05) is 5.02 Å². The molecule has 1 N–H and O–H groups in total. The van der Waals surface area contributed by atoms with E-state index in [-0.39, 0.29) is 12.5 Å². The molecule has 0 bridgehead atoms. The zero-order valence-corrected chi connectivity index (χ0v) is 14.3. The highest BCUT2D eigenvalue weighted by Gasteiger charge is 2.20. The first-order valence-corrected chi connectivity index (χ1v) is 8.81. The van der Waals surface area contributed by atoms with Gasteiger partial charge in [-0.15, -0.1) is 0 Å². The van der Waals surface area contributed by atoms with Crippen molar-refractivity contribution < 1.29 is 13.9 Å². The Balaban J connectivity index is 1.58. The van der Waals surface area contributed by atoms with Gasteiger partial charge in [0.15, 0.2) is 6.61 Å². The zero-order valence-electron chi connectivity index (χ0n) is 13.6. The third-order valence-electron chi connectivity index (χ3n) is 4.42. The standard InChI is InChI=1S/C19H22ClNO3/c20-15-8-9-18(17(11-15)14-5-2-1-3-6-14)24-13-19(22)21-12-16-7-4-10-23-16/h4,7-11,14H,1-3,5-6,12-13H2,(H,21,22). The summed E-state index contributed by atoms with van der Waals surface area (Å²) in [5.41, 5.74) is 1.13. The number of rotatable bonds is 6. The number of benzene rings is 1. The SMILES string of the molecule is O=C(COc1ccc(Cl)cc1C1CCCCC1)NCc1ccco1. The molecule has 4 nitrogen and oxygen atoms in total. The van der Waals surface area contributed by atoms with Crippen LogP contribution in [0.1, 0.15) is 49.3 Å². The molecule has 0 saturated heterocycles. The van der Waals surface area contributed by atoms with Gasteiger partial charge >= 0.3 is 0 Å². The fraction of sp³-hybridized carbons (Fsp3) is 0.421. The van der Waals surface area contributed by atoms with Crippen LogP contribution in [-0.4, -0.2) is 12.5 Å². The number of hydrogen-bond donors (Lipinski definition) is 1. The Labute approximate surface area is 147 Å². The number of ether oxygens (including phenoxy) is 1. The van der Waals surface area contributed by atoms with Crippen molar-refractivity contribution >= 4 is 17.5 Å². The minimum absolute atomic E-state index is 0.0118. The summed E-state index contributed by atoms with van der Waals surface area (Å²) in [7, 11) is 0. The van der Waals surface area contributed by atoms with Crippen molar-refractivity contribution in [2.45, 2.75) is 44.6 Å². The summed E-state index contributed by atoms with van der Waals surface area (Å²) in [5, 5.41) is 3.50. The fourth-order valence-electron chi connectivity index (χ4n) is 3.18. The summed E-state index contributed by atoms with van der Waals surface area (Å²) < 4.78 is 11.0. The first kappa shape index (κ1) is 16.9. The topological polar surface area (TPSA) is 51.5 Å². The Morgan fingerprint density at radius 3 is 2.83 bits per heavy atom. The van der Waals surface area contributed by atoms with E-state index in [2.05, 4.69) is 5.32 Å². The summed E-state index contributed by atoms with van der Waals surface area (Å²) in [4.78, 5) is 12.0. The molecule has 1 aliphatic carbocycles. The van der Waals surface area contributed by atoms with Crippen LogP contribution in [0.25, 0.3) is 0 Å². The molecular formula is C19H22ClNO3. The zero-order chi connectivity index (χ0) is 16.8. The second-order valence-corrected chi connectivity index (χ2v) is 6.60. The molecule has 0 unspecified atom stereocenters. The van der Waals surface area contributed by atoms with E-state index in [1.165, 1.54) is 19.3 Å². The van der Waals surface area contributed by atoms with E-state index in [0.717, 1.165) is 29.9 Å². The molecule has 1 aromatic heterocycles. The molecule has 1 heterocycles. The molecule has 0 aliphatic heterocycles. The number of nitrogens with one attached hydrogen (secondary N) is 1. The molecule has 1 saturated carbocycles. The van der Waals surface area contributed by atoms with Crippen molar-refractivity contribution in [2.75, 3.05) is 6.61 Å². The quantitative estimate of drug-likeness (QED) is 0.825. The second-order valence-electron chi connectivity index (χ2n) is 6.16. The second kappa shape index (κ2) is 8.25. The summed E-state index contributed by atoms with van der Waals surface area (Å²) in [6, 6.07) is 9.27. The minimum atomic E-state index is -0.170. The molecule has 1 fully saturated rings. The third-order valence-corrected chi connectivity index (χ3v) is 4.65. The van der Waals surface area contributed by atoms with Gasteiger partial charge in [0.2, 0.25) is 0 Å². The molecule has 0 spiro atoms. The summed E-state index contributed by atoms with van der Waals surface area (Å²) in [5.74, 6) is 1.78. The number of halogens is 1. The molecule has 0 atom stereocenters. The van der Waals surface area contributed by atoms with Gasteiger partial charge in [-0.05, 0) is 54.7 Å². The predicted octanol–water partition coefficient (Wildman–Crippen LogP) is 4.68. The minimum Gasteiger partial charge on any atom is -0.483 e. The number of carbonyl (C=O) groups is 1. The Hall–Kier alpha value is -1.94. The van der Waals surface area contributed by atoms with Gasteiger partial charge in [-0.25, -0.2) is 0 Å². The molecule has 0 radical (unpaired) electrons. The highest BCUT2D eigenvalue weighted by Crippen LogP contribution is 2.38. The number of hydrogen-bond acceptors (Lipinski definition) is 3. The molecule has 3 rings (SSSR count). The van der Waals surface area contributed by atoms with Crippen LogP contribution >= 0.6 is 11.6 Å². The van der Waals surface area contributed by atoms with Crippen molar-refractivity contribution in [3.63, 3.8) is 0 Å². The van der Waals surface area contributed by atoms with Crippen LogP contribution in [0.4, 0.5) is 0 Å². The molecule has 24 heavy (non-hydrogen) atoms. The summed E-state index contributed by atoms with van der Waals surface area (Å²) >= 11 is 6.16. The highest BCUT2D eigenvalue weighted by atomic mass is 35.5. The molecule has 1 amide bonds. The van der Waals surface area contributed by atoms with Crippen LogP contribution in [0, 0.1) is 0 Å². The molecular weight excluding hydrogens is 326 g/mol. The normalized spacial score (nSPS) is 15.2. The maximum absolute atomic E-state index is 12.0. The Morgan fingerprint density at radius 2 is 2.08 bits per heavy atom. The van der Waals surface area contributed by atoms with Gasteiger partial charge < -0.3 is 14.5 Å². The molecule has 1 aromatic carbocycles. The monoisotopic (exact) mass is 347 g/mol. The van der Waals surface area contributed by atoms with Crippen molar-refractivity contribution in [1.82, 2.24) is 5.32 Å². The van der Waals surface area contributed by atoms with Crippen LogP contribution in [0.15, 0.2) is 41.0 Å². The van der Waals surface area contributed by atoms with Crippen molar-refractivity contribution in [3.8, 4) is 5.75 Å². The average Bonchev–Trinajstić information content (AvgIpc) is 3.13. The summed E-state index contributed by atoms with van der Waals surface area (Å²) in [6.45, 7) is 0.355. The van der Waals surface area contributed by atoms with E-state index in [1.54, 1.807) is 12.3 Å². The largest absolute Gasteiger partial charge is 0.483 e. The Morgan fingerprint density at radius 1 is 1.25 bits per heavy atom. The molecule has 2 aromatic rings. The highest BCUT2D eigenvalue weighted by molar-refractivity contribution is 6.30. The van der Waals surface area contributed by atoms with Gasteiger partial charge in [0.25, 0.3) is 5.91 Å². The maximum atomic E-state index is 12.0. The van der Waals surface area contributed by atoms with E-state index >= 15 is 0 Å². The van der Waals surface area contributed by atoms with Crippen molar-refractivity contribution in [1.29, 1.82) is 0 Å². The first-order chi connectivity index (χ1) is 11.7. The molecule has 5 heteroatoms. The Bertz CT molecular complexity index is 663. The lowest BCUT2D eigenvalue weighted by molar-refractivity contribution is -0.123. The lowest BCUT2D eigenvalue weighted by Crippen LogP contribution is -2.28. The number of amides is 1. The van der Waals surface area contributed by atoms with E-state index < -0.39 is 0 Å². The van der Waals surface area contributed by atoms with Crippen LogP contribution in [0.5, 0.6) is 5.75 Å². The average molecular weight is 348 g/mol. The van der Waals surface area contributed by atoms with Gasteiger partial charge in [0.1, 0.15) is 11.5 Å². The van der Waals surface area contributed by atoms with Crippen molar-refractivity contribution in [3.05, 3.63) is 52.9 Å². The summed E-state index contributed by atoms with van der Waals surface area (Å²) in [6.07, 6.45) is 7.66. The number of furan rings is 1. The first-order valence-electron chi connectivity index (χ1n) is 8.43. The third kappa shape index (κ3) is 4.54. The van der Waals surface area contributed by atoms with Gasteiger partial charge in [-0.3, -0.25) is 4.79 Å². The van der Waals surface area contributed by atoms with E-state index in [9.17, 15) is 4.79 Å². The van der Waals surface area contributed by atoms with E-state index in [1.807, 2.05) is 24.3 Å². The van der Waals surface area contributed by atoms with Crippen molar-refractivity contribution in [2.24, 2.45) is 0 Å². The smallest absolute Gasteiger partial charge is 0.258 e. The van der Waals surface area contributed by atoms with Gasteiger partial charge in [-0.1, -0.05) is 30.9 Å². The van der Waals surface area contributed by atoms with Gasteiger partial charge in [-0.2, -0.15) is 0 Å². The van der Waals surface area contributed by atoms with Crippen LogP contribution < -0.4 is 10.1 Å². The van der Waals surface area contributed by atoms with Crippen LogP contribution in [0.3, 0.4) is 0 Å². The molecule has 128 valence electrons. The lowest BCUT2D eigenvalue weighted by Gasteiger charge is -2.24. The molecule has 1 aliphatic rings. The van der Waals surface area contributed by atoms with Crippen LogP contribution in [-0.2, 0) is 11.3 Å². The predicted molar refractivity (Wildman–Crippen MR) is 93.3 cm³/mol. The van der Waals surface area contributed by atoms with Crippen LogP contribution in [0.2, 0.25) is 5.02 Å². The number of carbonyl (C=O) groups excluding carboxylic acids is 1. The maximum Gasteiger partial charge on any atom is 0.258 e. The lowest BCUT2D eigenvalue weighted by atomic mass is 9.84. The van der Waals surface area contributed by atoms with Gasteiger partial charge in [0.05, 0.1) is 12.8 Å². The Kier molecular flexibility index (Phi) is 5.81. The van der Waals surface area contributed by atoms with E-state index in [0.29, 0.717) is 17.5 Å². The van der Waals surface area contributed by atoms with E-state index in [4.69, 9.17) is 20.8 Å².